The van der Waals surface area contributed by atoms with E-state index in [4.69, 9.17) is 0 Å². The summed E-state index contributed by atoms with van der Waals surface area (Å²) in [4.78, 5) is 10.3. The third kappa shape index (κ3) is 6.47. The topological polar surface area (TPSA) is 83.4 Å². The first kappa shape index (κ1) is 19.4. The zero-order chi connectivity index (χ0) is 18.1. The molecule has 0 radical (unpaired) electrons. The lowest BCUT2D eigenvalue weighted by atomic mass is 10.4. The van der Waals surface area contributed by atoms with Gasteiger partial charge in [0.05, 0.1) is 17.2 Å². The van der Waals surface area contributed by atoms with E-state index >= 15 is 0 Å². The lowest BCUT2D eigenvalue weighted by Gasteiger charge is -2.11. The molecule has 0 saturated heterocycles. The van der Waals surface area contributed by atoms with E-state index in [9.17, 15) is 8.42 Å². The lowest BCUT2D eigenvalue weighted by Crippen LogP contribution is -2.38. The summed E-state index contributed by atoms with van der Waals surface area (Å²) >= 11 is 1.62. The molecule has 0 unspecified atom stereocenters. The molecule has 6 nitrogen and oxygen atoms in total. The average molecular weight is 381 g/mol. The fourth-order valence-electron chi connectivity index (χ4n) is 2.18. The maximum absolute atomic E-state index is 12.2. The number of guanidine groups is 1. The van der Waals surface area contributed by atoms with Crippen LogP contribution in [0.25, 0.3) is 0 Å². The molecule has 1 aromatic carbocycles. The van der Waals surface area contributed by atoms with Crippen molar-refractivity contribution in [2.75, 3.05) is 18.8 Å². The lowest BCUT2D eigenvalue weighted by molar-refractivity contribution is 0.592. The van der Waals surface area contributed by atoms with Crippen molar-refractivity contribution < 1.29 is 8.42 Å². The van der Waals surface area contributed by atoms with Crippen LogP contribution in [0.15, 0.2) is 46.4 Å². The highest BCUT2D eigenvalue weighted by molar-refractivity contribution is 7.91. The number of hydrogen-bond acceptors (Lipinski definition) is 5. The molecule has 1 aromatic heterocycles. The van der Waals surface area contributed by atoms with E-state index in [-0.39, 0.29) is 5.75 Å². The molecule has 0 amide bonds. The Kier molecular flexibility index (Phi) is 7.39. The summed E-state index contributed by atoms with van der Waals surface area (Å²) < 4.78 is 24.5. The Balaban J connectivity index is 1.83. The highest BCUT2D eigenvalue weighted by Crippen LogP contribution is 2.12. The number of rotatable bonds is 8. The second-order valence-corrected chi connectivity index (χ2v) is 8.90. The van der Waals surface area contributed by atoms with Crippen molar-refractivity contribution in [1.29, 1.82) is 0 Å². The standard InChI is InChI=1S/C17H24N4O2S2/c1-3-18-17(21-13-16-20-12-14(2)24-16)19-10-7-11-25(22,23)15-8-5-4-6-9-15/h4-6,8-9,12H,3,7,10-11,13H2,1-2H3,(H2,18,19,21). The van der Waals surface area contributed by atoms with Crippen LogP contribution in [0.5, 0.6) is 0 Å². The number of thiazole rings is 1. The van der Waals surface area contributed by atoms with Crippen molar-refractivity contribution in [3.05, 3.63) is 46.4 Å². The van der Waals surface area contributed by atoms with E-state index in [0.717, 1.165) is 16.4 Å². The third-order valence-corrected chi connectivity index (χ3v) is 6.08. The molecule has 136 valence electrons. The predicted molar refractivity (Wildman–Crippen MR) is 103 cm³/mol. The Morgan fingerprint density at radius 2 is 2.00 bits per heavy atom. The van der Waals surface area contributed by atoms with Gasteiger partial charge in [-0.2, -0.15) is 0 Å². The number of hydrogen-bond donors (Lipinski definition) is 2. The Hall–Kier alpha value is -1.93. The molecule has 0 saturated carbocycles. The van der Waals surface area contributed by atoms with Gasteiger partial charge >= 0.3 is 0 Å². The molecule has 0 aliphatic heterocycles. The fraction of sp³-hybridized carbons (Fsp3) is 0.412. The molecule has 2 N–H and O–H groups in total. The number of nitrogens with zero attached hydrogens (tertiary/aromatic N) is 2. The number of benzene rings is 1. The highest BCUT2D eigenvalue weighted by atomic mass is 32.2. The zero-order valence-electron chi connectivity index (χ0n) is 14.5. The molecule has 0 aliphatic carbocycles. The van der Waals surface area contributed by atoms with E-state index in [1.165, 1.54) is 0 Å². The van der Waals surface area contributed by atoms with Gasteiger partial charge in [0, 0.05) is 24.2 Å². The zero-order valence-corrected chi connectivity index (χ0v) is 16.2. The van der Waals surface area contributed by atoms with Crippen LogP contribution in [0.3, 0.4) is 0 Å². The Morgan fingerprint density at radius 3 is 2.64 bits per heavy atom. The highest BCUT2D eigenvalue weighted by Gasteiger charge is 2.13. The molecule has 0 bridgehead atoms. The number of aliphatic imine (C=N–C) groups is 1. The molecule has 2 aromatic rings. The summed E-state index contributed by atoms with van der Waals surface area (Å²) in [5.74, 6) is 0.780. The smallest absolute Gasteiger partial charge is 0.191 e. The molecular formula is C17H24N4O2S2. The molecule has 0 fully saturated rings. The van der Waals surface area contributed by atoms with E-state index in [0.29, 0.717) is 30.4 Å². The molecule has 0 spiro atoms. The van der Waals surface area contributed by atoms with Crippen molar-refractivity contribution >= 4 is 27.1 Å². The van der Waals surface area contributed by atoms with Gasteiger partial charge in [-0.3, -0.25) is 0 Å². The van der Waals surface area contributed by atoms with E-state index < -0.39 is 9.84 Å². The fourth-order valence-corrected chi connectivity index (χ4v) is 4.22. The predicted octanol–water partition coefficient (Wildman–Crippen LogP) is 2.37. The molecule has 0 atom stereocenters. The van der Waals surface area contributed by atoms with Gasteiger partial charge in [-0.25, -0.2) is 18.4 Å². The van der Waals surface area contributed by atoms with Crippen LogP contribution in [-0.2, 0) is 16.4 Å². The van der Waals surface area contributed by atoms with Gasteiger partial charge in [0.1, 0.15) is 5.01 Å². The monoisotopic (exact) mass is 380 g/mol. The van der Waals surface area contributed by atoms with Gasteiger partial charge in [-0.15, -0.1) is 11.3 Å². The van der Waals surface area contributed by atoms with Crippen LogP contribution >= 0.6 is 11.3 Å². The normalized spacial score (nSPS) is 12.2. The quantitative estimate of drug-likeness (QED) is 0.417. The van der Waals surface area contributed by atoms with Crippen molar-refractivity contribution in [3.8, 4) is 0 Å². The number of nitrogens with one attached hydrogen (secondary N) is 2. The van der Waals surface area contributed by atoms with Gasteiger partial charge in [0.2, 0.25) is 0 Å². The summed E-state index contributed by atoms with van der Waals surface area (Å²) in [5, 5.41) is 7.29. The molecule has 8 heteroatoms. The SMILES string of the molecule is CCNC(=NCc1ncc(C)s1)NCCCS(=O)(=O)c1ccccc1. The van der Waals surface area contributed by atoms with Crippen LogP contribution in [0.1, 0.15) is 23.2 Å². The van der Waals surface area contributed by atoms with Crippen molar-refractivity contribution in [2.24, 2.45) is 4.99 Å². The van der Waals surface area contributed by atoms with Crippen LogP contribution in [0, 0.1) is 6.92 Å². The van der Waals surface area contributed by atoms with E-state index in [1.54, 1.807) is 35.6 Å². The molecule has 0 aliphatic rings. The summed E-state index contributed by atoms with van der Waals surface area (Å²) in [6.45, 7) is 5.79. The van der Waals surface area contributed by atoms with Crippen molar-refractivity contribution in [2.45, 2.75) is 31.7 Å². The minimum atomic E-state index is -3.23. The summed E-state index contributed by atoms with van der Waals surface area (Å²) in [6.07, 6.45) is 2.35. The van der Waals surface area contributed by atoms with Crippen LogP contribution < -0.4 is 10.6 Å². The van der Waals surface area contributed by atoms with Gasteiger partial charge in [0.15, 0.2) is 15.8 Å². The van der Waals surface area contributed by atoms with E-state index in [1.807, 2.05) is 26.1 Å². The van der Waals surface area contributed by atoms with Gasteiger partial charge in [-0.1, -0.05) is 18.2 Å². The molecule has 2 rings (SSSR count). The second-order valence-electron chi connectivity index (χ2n) is 5.47. The van der Waals surface area contributed by atoms with Crippen LogP contribution in [-0.4, -0.2) is 38.2 Å². The summed E-state index contributed by atoms with van der Waals surface area (Å²) in [6, 6.07) is 8.54. The molecule has 25 heavy (non-hydrogen) atoms. The van der Waals surface area contributed by atoms with Gasteiger partial charge < -0.3 is 10.6 Å². The molecule has 1 heterocycles. The van der Waals surface area contributed by atoms with Crippen molar-refractivity contribution in [1.82, 2.24) is 15.6 Å². The maximum atomic E-state index is 12.2. The minimum Gasteiger partial charge on any atom is -0.357 e. The van der Waals surface area contributed by atoms with Crippen LogP contribution in [0.2, 0.25) is 0 Å². The Labute approximate surface area is 153 Å². The molecular weight excluding hydrogens is 356 g/mol. The maximum Gasteiger partial charge on any atom is 0.191 e. The number of aromatic nitrogens is 1. The van der Waals surface area contributed by atoms with Crippen molar-refractivity contribution in [3.63, 3.8) is 0 Å². The Morgan fingerprint density at radius 1 is 1.24 bits per heavy atom. The summed E-state index contributed by atoms with van der Waals surface area (Å²) in [5.41, 5.74) is 0. The minimum absolute atomic E-state index is 0.106. The third-order valence-electron chi connectivity index (χ3n) is 3.37. The average Bonchev–Trinajstić information content (AvgIpc) is 3.02. The number of sulfone groups is 1. The first-order chi connectivity index (χ1) is 12.0. The first-order valence-corrected chi connectivity index (χ1v) is 10.7. The second kappa shape index (κ2) is 9.53. The van der Waals surface area contributed by atoms with Gasteiger partial charge in [0.25, 0.3) is 0 Å². The van der Waals surface area contributed by atoms with Gasteiger partial charge in [-0.05, 0) is 32.4 Å². The largest absolute Gasteiger partial charge is 0.357 e. The number of aryl methyl sites for hydroxylation is 1. The summed E-state index contributed by atoms with van der Waals surface area (Å²) in [7, 11) is -3.23. The van der Waals surface area contributed by atoms with E-state index in [2.05, 4.69) is 20.6 Å². The first-order valence-electron chi connectivity index (χ1n) is 8.22. The Bertz CT molecular complexity index is 786. The van der Waals surface area contributed by atoms with Crippen LogP contribution in [0.4, 0.5) is 0 Å².